The van der Waals surface area contributed by atoms with Crippen molar-refractivity contribution >= 4 is 0 Å². The van der Waals surface area contributed by atoms with Gasteiger partial charge in [0.2, 0.25) is 0 Å². The molecule has 0 atom stereocenters. The zero-order valence-corrected chi connectivity index (χ0v) is 8.24. The summed E-state index contributed by atoms with van der Waals surface area (Å²) in [5.74, 6) is 0. The van der Waals surface area contributed by atoms with Gasteiger partial charge in [-0.25, -0.2) is 0 Å². The quantitative estimate of drug-likeness (QED) is 0.418. The van der Waals surface area contributed by atoms with E-state index in [2.05, 4.69) is 0 Å². The SMILES string of the molecule is [Co+2].[Co+2].[Li+].[Ni+2].[O]=[Mn](=[O])([O-])[O-]. The topological polar surface area (TPSA) is 80.3 Å². The number of hydrogen-bond acceptors (Lipinski definition) is 4. The molecule has 0 saturated heterocycles. The van der Waals surface area contributed by atoms with E-state index in [9.17, 15) is 0 Å². The molecule has 0 rings (SSSR count). The Balaban J connectivity index is -0.0000000133. The summed E-state index contributed by atoms with van der Waals surface area (Å²) in [5, 5.41) is 0. The summed E-state index contributed by atoms with van der Waals surface area (Å²) in [6.07, 6.45) is 0. The van der Waals surface area contributed by atoms with Crippen LogP contribution in [0.5, 0.6) is 0 Å². The van der Waals surface area contributed by atoms with Gasteiger partial charge in [0, 0.05) is 0 Å². The van der Waals surface area contributed by atoms with Gasteiger partial charge in [0.1, 0.15) is 0 Å². The van der Waals surface area contributed by atoms with Crippen LogP contribution in [0.1, 0.15) is 0 Å². The molecule has 0 saturated carbocycles. The third-order valence-electron chi connectivity index (χ3n) is 0. The molecule has 9 heteroatoms. The Hall–Kier alpha value is 2.14. The normalized spacial score (nSPS) is 6.44. The van der Waals surface area contributed by atoms with Gasteiger partial charge in [0.05, 0.1) is 0 Å². The summed E-state index contributed by atoms with van der Waals surface area (Å²) in [4.78, 5) is 0. The number of hydrogen-bond donors (Lipinski definition) is 0. The first-order valence-electron chi connectivity index (χ1n) is 0.617. The molecule has 4 nitrogen and oxygen atoms in total. The Morgan fingerprint density at radius 2 is 1.00 bits per heavy atom. The summed E-state index contributed by atoms with van der Waals surface area (Å²) in [5.41, 5.74) is 0. The van der Waals surface area contributed by atoms with E-state index in [4.69, 9.17) is 16.0 Å². The van der Waals surface area contributed by atoms with Crippen molar-refractivity contribution in [3.63, 3.8) is 0 Å². The molecule has 0 aliphatic carbocycles. The molecule has 0 aromatic carbocycles. The molecule has 0 aliphatic rings. The summed E-state index contributed by atoms with van der Waals surface area (Å²) in [7, 11) is 0. The Morgan fingerprint density at radius 3 is 1.00 bits per heavy atom. The van der Waals surface area contributed by atoms with Crippen molar-refractivity contribution in [1.82, 2.24) is 0 Å². The second-order valence-electron chi connectivity index (χ2n) is 0.378. The first kappa shape index (κ1) is 30.4. The zero-order valence-electron chi connectivity index (χ0n) is 3.99. The first-order valence-corrected chi connectivity index (χ1v) is 2.54. The molecular weight excluding hydrogens is 302 g/mol. The van der Waals surface area contributed by atoms with Crippen LogP contribution in [0.3, 0.4) is 0 Å². The molecule has 0 aromatic heterocycles. The van der Waals surface area contributed by atoms with Crippen molar-refractivity contribution in [1.29, 1.82) is 0 Å². The van der Waals surface area contributed by atoms with E-state index >= 15 is 0 Å². The minimum absolute atomic E-state index is 0. The Bertz CT molecular complexity index is 102. The molecule has 0 spiro atoms. The zero-order chi connectivity index (χ0) is 4.50. The fourth-order valence-electron chi connectivity index (χ4n) is 0. The number of rotatable bonds is 0. The van der Waals surface area contributed by atoms with Gasteiger partial charge in [0.15, 0.2) is 0 Å². The second kappa shape index (κ2) is 12.8. The fraction of sp³-hybridized carbons (Fsp3) is 0. The van der Waals surface area contributed by atoms with Crippen molar-refractivity contribution in [2.75, 3.05) is 0 Å². The summed E-state index contributed by atoms with van der Waals surface area (Å²) < 4.78 is 34.3. The predicted molar refractivity (Wildman–Crippen MR) is 1.37 cm³/mol. The molecule has 0 N–H and O–H groups in total. The molecule has 0 bridgehead atoms. The van der Waals surface area contributed by atoms with Crippen LogP contribution in [0.15, 0.2) is 0 Å². The third-order valence-corrected chi connectivity index (χ3v) is 0. The molecule has 0 amide bonds. The van der Waals surface area contributed by atoms with Crippen LogP contribution in [-0.4, -0.2) is 0 Å². The van der Waals surface area contributed by atoms with Gasteiger partial charge < -0.3 is 0 Å². The fourth-order valence-corrected chi connectivity index (χ4v) is 0. The van der Waals surface area contributed by atoms with E-state index in [1.807, 2.05) is 0 Å². The van der Waals surface area contributed by atoms with Crippen molar-refractivity contribution in [3.05, 3.63) is 0 Å². The molecule has 55 valence electrons. The van der Waals surface area contributed by atoms with E-state index in [1.54, 1.807) is 0 Å². The van der Waals surface area contributed by atoms with Crippen LogP contribution in [-0.2, 0) is 71.1 Å². The summed E-state index contributed by atoms with van der Waals surface area (Å²) in [6.45, 7) is 0. The van der Waals surface area contributed by atoms with Gasteiger partial charge in [-0.2, -0.15) is 0 Å². The monoisotopic (exact) mass is 302 g/mol. The van der Waals surface area contributed by atoms with Crippen LogP contribution in [0, 0.1) is 0 Å². The Kier molecular flexibility index (Phi) is 43.2. The van der Waals surface area contributed by atoms with Crippen molar-refractivity contribution in [3.8, 4) is 0 Å². The molecule has 2 radical (unpaired) electrons. The minimum atomic E-state index is -5.62. The van der Waals surface area contributed by atoms with Crippen molar-refractivity contribution in [2.45, 2.75) is 0 Å². The van der Waals surface area contributed by atoms with E-state index in [-0.39, 0.29) is 68.9 Å². The predicted octanol–water partition coefficient (Wildman–Crippen LogP) is -5.62. The summed E-state index contributed by atoms with van der Waals surface area (Å²) in [6, 6.07) is 0. The van der Waals surface area contributed by atoms with Crippen LogP contribution < -0.4 is 27.2 Å². The molecule has 0 fully saturated rings. The molecule has 0 aliphatic heterocycles. The first-order chi connectivity index (χ1) is 2.00. The van der Waals surface area contributed by atoms with E-state index in [0.29, 0.717) is 0 Å². The van der Waals surface area contributed by atoms with Crippen LogP contribution in [0.2, 0.25) is 0 Å². The molecule has 0 heterocycles. The van der Waals surface area contributed by atoms with Crippen molar-refractivity contribution < 1.29 is 98.3 Å². The van der Waals surface area contributed by atoms with Crippen LogP contribution >= 0.6 is 0 Å². The van der Waals surface area contributed by atoms with Crippen molar-refractivity contribution in [2.24, 2.45) is 0 Å². The average molecular weight is 302 g/mol. The molecular formula is Co2LiMnNiO4+5. The van der Waals surface area contributed by atoms with Crippen LogP contribution in [0.25, 0.3) is 0 Å². The average Bonchev–Trinajstić information content (AvgIpc) is 0.722. The molecule has 0 aromatic rings. The third kappa shape index (κ3) is 146. The van der Waals surface area contributed by atoms with E-state index in [0.717, 1.165) is 0 Å². The van der Waals surface area contributed by atoms with E-state index < -0.39 is 13.4 Å². The van der Waals surface area contributed by atoms with Crippen LogP contribution in [0.4, 0.5) is 0 Å². The van der Waals surface area contributed by atoms with Gasteiger partial charge >= 0.3 is 98.3 Å². The Labute approximate surface area is 97.3 Å². The second-order valence-corrected chi connectivity index (χ2v) is 1.56. The summed E-state index contributed by atoms with van der Waals surface area (Å²) >= 11 is -5.62. The maximum atomic E-state index is 8.58. The van der Waals surface area contributed by atoms with Gasteiger partial charge in [-0.3, -0.25) is 0 Å². The van der Waals surface area contributed by atoms with Gasteiger partial charge in [-0.1, -0.05) is 0 Å². The van der Waals surface area contributed by atoms with E-state index in [1.165, 1.54) is 0 Å². The standard InChI is InChI=1S/2Co.Li.Mn.Ni.4O/q2*+2;+1;;+2;;;2*-1. The molecule has 0 unspecified atom stereocenters. The van der Waals surface area contributed by atoms with Gasteiger partial charge in [-0.15, -0.1) is 0 Å². The van der Waals surface area contributed by atoms with Gasteiger partial charge in [-0.05, 0) is 0 Å². The maximum absolute atomic E-state index is 8.58. The molecule has 9 heavy (non-hydrogen) atoms. The van der Waals surface area contributed by atoms with Gasteiger partial charge in [0.25, 0.3) is 0 Å². The Morgan fingerprint density at radius 1 is 1.00 bits per heavy atom.